The van der Waals surface area contributed by atoms with E-state index in [1.807, 2.05) is 0 Å². The molecule has 0 radical (unpaired) electrons. The molecule has 9 nitrogen and oxygen atoms in total. The van der Waals surface area contributed by atoms with Gasteiger partial charge in [0, 0.05) is 13.2 Å². The molecule has 11 heteroatoms. The number of benzene rings is 1. The van der Waals surface area contributed by atoms with Crippen LogP contribution in [0.1, 0.15) is 31.4 Å². The largest absolute Gasteiger partial charge is 0.381 e. The van der Waals surface area contributed by atoms with Gasteiger partial charge < -0.3 is 10.1 Å². The monoisotopic (exact) mass is 490 g/mol. The van der Waals surface area contributed by atoms with Crippen molar-refractivity contribution in [2.45, 2.75) is 54.4 Å². The second-order valence-electron chi connectivity index (χ2n) is 8.54. The summed E-state index contributed by atoms with van der Waals surface area (Å²) in [5.74, 6) is -1.06. The van der Waals surface area contributed by atoms with E-state index in [1.54, 1.807) is 13.0 Å². The second-order valence-corrected chi connectivity index (χ2v) is 11.1. The molecular formula is C22H23ClN4O5S. The standard InChI is InChI=1S/C22H23ClN4O5S/c1-13-3-6-20(28)27(26-13)14-4-5-19(17(23)9-14)33(30,31)15-10-16(18(11-15)32-2)21(29)25-22(12-24)7-8-22/h3-6,9,15-16,18H,7-8,10-11H2,1-2H3,(H,25,29)/t15-,16-,18-/m0/s1. The maximum absolute atomic E-state index is 13.4. The number of carbonyl (C=O) groups is 1. The quantitative estimate of drug-likeness (QED) is 0.654. The minimum atomic E-state index is -3.89. The van der Waals surface area contributed by atoms with Crippen LogP contribution in [0.5, 0.6) is 0 Å². The number of rotatable bonds is 6. The van der Waals surface area contributed by atoms with Crippen LogP contribution < -0.4 is 10.9 Å². The summed E-state index contributed by atoms with van der Waals surface area (Å²) in [6.07, 6.45) is 0.774. The van der Waals surface area contributed by atoms with Gasteiger partial charge in [0.2, 0.25) is 5.91 Å². The Balaban J connectivity index is 1.59. The van der Waals surface area contributed by atoms with Crippen molar-refractivity contribution in [3.63, 3.8) is 0 Å². The predicted octanol–water partition coefficient (Wildman–Crippen LogP) is 1.93. The maximum atomic E-state index is 13.4. The first-order valence-electron chi connectivity index (χ1n) is 10.5. The van der Waals surface area contributed by atoms with Gasteiger partial charge in [-0.15, -0.1) is 0 Å². The van der Waals surface area contributed by atoms with Crippen LogP contribution >= 0.6 is 11.6 Å². The summed E-state index contributed by atoms with van der Waals surface area (Å²) in [7, 11) is -2.46. The van der Waals surface area contributed by atoms with Crippen LogP contribution in [0.4, 0.5) is 0 Å². The minimum absolute atomic E-state index is 0.0361. The molecule has 1 aromatic heterocycles. The topological polar surface area (TPSA) is 131 Å². The fraction of sp³-hybridized carbons (Fsp3) is 0.455. The van der Waals surface area contributed by atoms with Gasteiger partial charge in [0.25, 0.3) is 5.56 Å². The Morgan fingerprint density at radius 1 is 1.30 bits per heavy atom. The van der Waals surface area contributed by atoms with Gasteiger partial charge in [-0.1, -0.05) is 11.6 Å². The Labute approximate surface area is 196 Å². The van der Waals surface area contributed by atoms with Crippen molar-refractivity contribution in [2.24, 2.45) is 5.92 Å². The van der Waals surface area contributed by atoms with Crippen molar-refractivity contribution in [1.82, 2.24) is 15.1 Å². The van der Waals surface area contributed by atoms with Crippen molar-refractivity contribution in [2.75, 3.05) is 7.11 Å². The zero-order valence-corrected chi connectivity index (χ0v) is 19.7. The molecule has 2 saturated carbocycles. The fourth-order valence-corrected chi connectivity index (χ4v) is 6.53. The zero-order valence-electron chi connectivity index (χ0n) is 18.1. The molecule has 0 aliphatic heterocycles. The molecule has 2 aliphatic carbocycles. The van der Waals surface area contributed by atoms with E-state index in [9.17, 15) is 23.3 Å². The Kier molecular flexibility index (Phi) is 6.07. The summed E-state index contributed by atoms with van der Waals surface area (Å²) in [6, 6.07) is 9.27. The third kappa shape index (κ3) is 4.40. The number of methoxy groups -OCH3 is 1. The van der Waals surface area contributed by atoms with E-state index in [4.69, 9.17) is 16.3 Å². The van der Waals surface area contributed by atoms with E-state index >= 15 is 0 Å². The Hall–Kier alpha value is -2.74. The van der Waals surface area contributed by atoms with E-state index < -0.39 is 32.6 Å². The summed E-state index contributed by atoms with van der Waals surface area (Å²) in [5, 5.41) is 15.2. The number of nitrogens with zero attached hydrogens (tertiary/aromatic N) is 3. The van der Waals surface area contributed by atoms with E-state index in [2.05, 4.69) is 16.5 Å². The van der Waals surface area contributed by atoms with Crippen LogP contribution in [0.15, 0.2) is 40.0 Å². The first-order valence-corrected chi connectivity index (χ1v) is 12.4. The van der Waals surface area contributed by atoms with Gasteiger partial charge in [-0.2, -0.15) is 15.0 Å². The number of aryl methyl sites for hydroxylation is 1. The summed E-state index contributed by atoms with van der Waals surface area (Å²) < 4.78 is 33.4. The number of hydrogen-bond donors (Lipinski definition) is 1. The summed E-state index contributed by atoms with van der Waals surface area (Å²) in [5.41, 5.74) is -0.247. The average Bonchev–Trinajstić information content (AvgIpc) is 3.40. The number of ether oxygens (including phenoxy) is 1. The molecule has 0 bridgehead atoms. The number of halogens is 1. The van der Waals surface area contributed by atoms with Crippen molar-refractivity contribution in [3.8, 4) is 11.8 Å². The molecule has 0 unspecified atom stereocenters. The van der Waals surface area contributed by atoms with Crippen molar-refractivity contribution >= 4 is 27.3 Å². The van der Waals surface area contributed by atoms with Crippen LogP contribution in [0.2, 0.25) is 5.02 Å². The predicted molar refractivity (Wildman–Crippen MR) is 120 cm³/mol. The number of sulfone groups is 1. The number of amides is 1. The molecule has 2 aromatic rings. The highest BCUT2D eigenvalue weighted by atomic mass is 35.5. The van der Waals surface area contributed by atoms with Crippen LogP contribution in [-0.2, 0) is 19.4 Å². The molecule has 1 amide bonds. The zero-order chi connectivity index (χ0) is 24.0. The Bertz CT molecular complexity index is 1310. The fourth-order valence-electron chi connectivity index (χ4n) is 4.18. The molecule has 0 spiro atoms. The van der Waals surface area contributed by atoms with Crippen molar-refractivity contribution in [3.05, 3.63) is 51.4 Å². The van der Waals surface area contributed by atoms with Gasteiger partial charge in [0.05, 0.1) is 44.6 Å². The van der Waals surface area contributed by atoms with Crippen LogP contribution in [0.3, 0.4) is 0 Å². The third-order valence-corrected chi connectivity index (χ3v) is 8.92. The molecule has 0 saturated heterocycles. The van der Waals surface area contributed by atoms with Crippen molar-refractivity contribution < 1.29 is 17.9 Å². The number of hydrogen-bond acceptors (Lipinski definition) is 7. The summed E-state index contributed by atoms with van der Waals surface area (Å²) in [4.78, 5) is 24.8. The first kappa shape index (κ1) is 23.4. The van der Waals surface area contributed by atoms with E-state index in [0.717, 1.165) is 4.68 Å². The molecular weight excluding hydrogens is 468 g/mol. The van der Waals surface area contributed by atoms with Crippen molar-refractivity contribution in [1.29, 1.82) is 5.26 Å². The number of carbonyl (C=O) groups excluding carboxylic acids is 1. The van der Waals surface area contributed by atoms with Crippen LogP contribution in [0.25, 0.3) is 5.69 Å². The third-order valence-electron chi connectivity index (χ3n) is 6.27. The molecule has 4 rings (SSSR count). The Morgan fingerprint density at radius 3 is 2.64 bits per heavy atom. The lowest BCUT2D eigenvalue weighted by atomic mass is 10.0. The highest BCUT2D eigenvalue weighted by Gasteiger charge is 2.50. The Morgan fingerprint density at radius 2 is 2.03 bits per heavy atom. The van der Waals surface area contributed by atoms with E-state index in [1.165, 1.54) is 31.4 Å². The van der Waals surface area contributed by atoms with Crippen LogP contribution in [-0.4, -0.2) is 48.1 Å². The number of aromatic nitrogens is 2. The molecule has 174 valence electrons. The first-order chi connectivity index (χ1) is 15.6. The summed E-state index contributed by atoms with van der Waals surface area (Å²) in [6.45, 7) is 1.73. The normalized spacial score (nSPS) is 23.6. The van der Waals surface area contributed by atoms with Gasteiger partial charge >= 0.3 is 0 Å². The molecule has 1 N–H and O–H groups in total. The minimum Gasteiger partial charge on any atom is -0.381 e. The van der Waals surface area contributed by atoms with Crippen LogP contribution in [0, 0.1) is 24.2 Å². The highest BCUT2D eigenvalue weighted by Crippen LogP contribution is 2.40. The van der Waals surface area contributed by atoms with E-state index in [-0.39, 0.29) is 34.2 Å². The number of nitriles is 1. The van der Waals surface area contributed by atoms with Gasteiger partial charge in [0.15, 0.2) is 9.84 Å². The second kappa shape index (κ2) is 8.56. The average molecular weight is 491 g/mol. The molecule has 3 atom stereocenters. The lowest BCUT2D eigenvalue weighted by Gasteiger charge is -2.19. The van der Waals surface area contributed by atoms with Gasteiger partial charge in [0.1, 0.15) is 5.54 Å². The van der Waals surface area contributed by atoms with Gasteiger partial charge in [-0.3, -0.25) is 9.59 Å². The molecule has 2 aliphatic rings. The number of nitrogens with one attached hydrogen (secondary N) is 1. The van der Waals surface area contributed by atoms with Gasteiger partial charge in [-0.05, 0) is 56.9 Å². The van der Waals surface area contributed by atoms with E-state index in [0.29, 0.717) is 24.2 Å². The lowest BCUT2D eigenvalue weighted by Crippen LogP contribution is -2.42. The van der Waals surface area contributed by atoms with Gasteiger partial charge in [-0.25, -0.2) is 8.42 Å². The molecule has 1 aromatic carbocycles. The molecule has 1 heterocycles. The maximum Gasteiger partial charge on any atom is 0.271 e. The summed E-state index contributed by atoms with van der Waals surface area (Å²) >= 11 is 6.35. The lowest BCUT2D eigenvalue weighted by molar-refractivity contribution is -0.128. The highest BCUT2D eigenvalue weighted by molar-refractivity contribution is 7.92. The SMILES string of the molecule is CO[C@H]1C[C@@H](S(=O)(=O)c2ccc(-n3nc(C)ccc3=O)cc2Cl)C[C@@H]1C(=O)NC1(C#N)CC1. The molecule has 2 fully saturated rings. The molecule has 33 heavy (non-hydrogen) atoms. The smallest absolute Gasteiger partial charge is 0.271 e.